The molecule has 3 rings (SSSR count). The summed E-state index contributed by atoms with van der Waals surface area (Å²) in [5, 5.41) is 8.04. The molecule has 0 unspecified atom stereocenters. The van der Waals surface area contributed by atoms with Gasteiger partial charge in [0.2, 0.25) is 5.91 Å². The highest BCUT2D eigenvalue weighted by Gasteiger charge is 2.25. The number of aromatic nitrogens is 3. The van der Waals surface area contributed by atoms with Gasteiger partial charge in [-0.15, -0.1) is 10.2 Å². The maximum absolute atomic E-state index is 12.5. The third-order valence-electron chi connectivity index (χ3n) is 4.51. The molecule has 0 bridgehead atoms. The first kappa shape index (κ1) is 19.5. The Morgan fingerprint density at radius 2 is 2.11 bits per heavy atom. The SMILES string of the molecule is Cn1cnnc1C1CCN(C(=O)/C=C/c2cc(Br)ccc2OC(F)F)CC1. The molecule has 6 nitrogen and oxygen atoms in total. The molecule has 2 heterocycles. The molecule has 0 radical (unpaired) electrons. The number of rotatable bonds is 5. The predicted octanol–water partition coefficient (Wildman–Crippen LogP) is 3.60. The summed E-state index contributed by atoms with van der Waals surface area (Å²) in [6.45, 7) is -1.70. The first-order chi connectivity index (χ1) is 12.9. The van der Waals surface area contributed by atoms with Crippen molar-refractivity contribution in [2.24, 2.45) is 7.05 Å². The second kappa shape index (κ2) is 8.60. The third-order valence-corrected chi connectivity index (χ3v) is 5.00. The van der Waals surface area contributed by atoms with E-state index < -0.39 is 6.61 Å². The molecule has 0 saturated carbocycles. The quantitative estimate of drug-likeness (QED) is 0.666. The molecule has 1 aromatic carbocycles. The predicted molar refractivity (Wildman–Crippen MR) is 99.4 cm³/mol. The van der Waals surface area contributed by atoms with Gasteiger partial charge in [0.1, 0.15) is 17.9 Å². The Morgan fingerprint density at radius 3 is 2.74 bits per heavy atom. The van der Waals surface area contributed by atoms with Crippen LogP contribution in [-0.4, -0.2) is 45.3 Å². The van der Waals surface area contributed by atoms with Gasteiger partial charge in [-0.05, 0) is 37.1 Å². The Morgan fingerprint density at radius 1 is 1.37 bits per heavy atom. The van der Waals surface area contributed by atoms with Gasteiger partial charge in [0.15, 0.2) is 0 Å². The molecule has 1 fully saturated rings. The standard InChI is InChI=1S/C18H19BrF2N4O2/c1-24-11-22-23-17(24)12-6-8-25(9-7-12)16(26)5-2-13-10-14(19)3-4-15(13)27-18(20)21/h2-5,10-12,18H,6-9H2,1H3/b5-2+. The van der Waals surface area contributed by atoms with Crippen LogP contribution in [-0.2, 0) is 11.8 Å². The van der Waals surface area contributed by atoms with Crippen molar-refractivity contribution >= 4 is 27.9 Å². The molecular formula is C18H19BrF2N4O2. The van der Waals surface area contributed by atoms with E-state index in [0.29, 0.717) is 23.1 Å². The molecule has 1 aliphatic heterocycles. The van der Waals surface area contributed by atoms with Crippen LogP contribution in [0.3, 0.4) is 0 Å². The molecule has 1 aromatic heterocycles. The van der Waals surface area contributed by atoms with Crippen LogP contribution in [0.5, 0.6) is 5.75 Å². The first-order valence-electron chi connectivity index (χ1n) is 8.49. The summed E-state index contributed by atoms with van der Waals surface area (Å²) >= 11 is 3.29. The fraction of sp³-hybridized carbons (Fsp3) is 0.389. The number of ether oxygens (including phenoxy) is 1. The van der Waals surface area contributed by atoms with Crippen molar-refractivity contribution in [1.82, 2.24) is 19.7 Å². The van der Waals surface area contributed by atoms with Gasteiger partial charge in [-0.1, -0.05) is 15.9 Å². The van der Waals surface area contributed by atoms with Crippen LogP contribution in [0, 0.1) is 0 Å². The van der Waals surface area contributed by atoms with Gasteiger partial charge in [0.05, 0.1) is 0 Å². The molecule has 144 valence electrons. The van der Waals surface area contributed by atoms with Crippen LogP contribution < -0.4 is 4.74 Å². The molecule has 0 atom stereocenters. The summed E-state index contributed by atoms with van der Waals surface area (Å²) in [5.74, 6) is 1.08. The van der Waals surface area contributed by atoms with E-state index in [9.17, 15) is 13.6 Å². The fourth-order valence-corrected chi connectivity index (χ4v) is 3.52. The summed E-state index contributed by atoms with van der Waals surface area (Å²) in [6, 6.07) is 4.67. The zero-order chi connectivity index (χ0) is 19.4. The van der Waals surface area contributed by atoms with Crippen LogP contribution in [0.4, 0.5) is 8.78 Å². The molecule has 0 aliphatic carbocycles. The van der Waals surface area contributed by atoms with Gasteiger partial charge < -0.3 is 14.2 Å². The lowest BCUT2D eigenvalue weighted by atomic mass is 9.96. The second-order valence-electron chi connectivity index (χ2n) is 6.29. The number of hydrogen-bond acceptors (Lipinski definition) is 4. The molecule has 1 aliphatic rings. The largest absolute Gasteiger partial charge is 0.434 e. The number of alkyl halides is 2. The maximum Gasteiger partial charge on any atom is 0.387 e. The second-order valence-corrected chi connectivity index (χ2v) is 7.21. The summed E-state index contributed by atoms with van der Waals surface area (Å²) < 4.78 is 32.2. The summed E-state index contributed by atoms with van der Waals surface area (Å²) in [7, 11) is 1.91. The van der Waals surface area contributed by atoms with E-state index in [4.69, 9.17) is 0 Å². The van der Waals surface area contributed by atoms with E-state index in [1.54, 1.807) is 23.4 Å². The molecule has 9 heteroatoms. The molecule has 1 amide bonds. The molecular weight excluding hydrogens is 422 g/mol. The Hall–Kier alpha value is -2.29. The summed E-state index contributed by atoms with van der Waals surface area (Å²) in [6.07, 6.45) is 6.18. The van der Waals surface area contributed by atoms with Crippen molar-refractivity contribution < 1.29 is 18.3 Å². The van der Waals surface area contributed by atoms with E-state index in [1.165, 1.54) is 18.2 Å². The van der Waals surface area contributed by atoms with Gasteiger partial charge >= 0.3 is 6.61 Å². The van der Waals surface area contributed by atoms with Crippen LogP contribution in [0.15, 0.2) is 35.1 Å². The smallest absolute Gasteiger partial charge is 0.387 e. The number of likely N-dealkylation sites (tertiary alicyclic amines) is 1. The van der Waals surface area contributed by atoms with Crippen LogP contribution in [0.1, 0.15) is 30.1 Å². The number of nitrogens with zero attached hydrogens (tertiary/aromatic N) is 4. The van der Waals surface area contributed by atoms with Gasteiger partial charge in [-0.3, -0.25) is 4.79 Å². The monoisotopic (exact) mass is 440 g/mol. The minimum absolute atomic E-state index is 0.0261. The topological polar surface area (TPSA) is 60.2 Å². The summed E-state index contributed by atoms with van der Waals surface area (Å²) in [4.78, 5) is 14.2. The first-order valence-corrected chi connectivity index (χ1v) is 9.28. The van der Waals surface area contributed by atoms with Crippen LogP contribution >= 0.6 is 15.9 Å². The Labute approximate surface area is 164 Å². The highest BCUT2D eigenvalue weighted by atomic mass is 79.9. The Bertz CT molecular complexity index is 833. The number of benzene rings is 1. The number of aryl methyl sites for hydroxylation is 1. The van der Waals surface area contributed by atoms with E-state index in [0.717, 1.165) is 18.7 Å². The number of halogens is 3. The van der Waals surface area contributed by atoms with Crippen molar-refractivity contribution in [3.63, 3.8) is 0 Å². The van der Waals surface area contributed by atoms with Crippen molar-refractivity contribution in [3.05, 3.63) is 46.5 Å². The molecule has 27 heavy (non-hydrogen) atoms. The number of piperidine rings is 1. The maximum atomic E-state index is 12.5. The Kier molecular flexibility index (Phi) is 6.20. The van der Waals surface area contributed by atoms with Gasteiger partial charge in [0.25, 0.3) is 0 Å². The van der Waals surface area contributed by atoms with Gasteiger partial charge in [-0.25, -0.2) is 0 Å². The zero-order valence-corrected chi connectivity index (χ0v) is 16.3. The number of carbonyl (C=O) groups excluding carboxylic acids is 1. The van der Waals surface area contributed by atoms with Crippen molar-refractivity contribution in [3.8, 4) is 5.75 Å². The minimum atomic E-state index is -2.92. The highest BCUT2D eigenvalue weighted by molar-refractivity contribution is 9.10. The normalized spacial score (nSPS) is 15.7. The van der Waals surface area contributed by atoms with Crippen LogP contribution in [0.2, 0.25) is 0 Å². The van der Waals surface area contributed by atoms with E-state index in [-0.39, 0.29) is 17.6 Å². The molecule has 2 aromatic rings. The van der Waals surface area contributed by atoms with Crippen LogP contribution in [0.25, 0.3) is 6.08 Å². The lowest BCUT2D eigenvalue weighted by Gasteiger charge is -2.30. The zero-order valence-electron chi connectivity index (χ0n) is 14.7. The third kappa shape index (κ3) is 4.91. The number of amides is 1. The number of carbonyl (C=O) groups is 1. The Balaban J connectivity index is 1.63. The molecule has 0 N–H and O–H groups in total. The fourth-order valence-electron chi connectivity index (χ4n) is 3.14. The van der Waals surface area contributed by atoms with Crippen molar-refractivity contribution in [2.45, 2.75) is 25.4 Å². The van der Waals surface area contributed by atoms with E-state index in [1.807, 2.05) is 11.6 Å². The lowest BCUT2D eigenvalue weighted by molar-refractivity contribution is -0.127. The van der Waals surface area contributed by atoms with Gasteiger partial charge in [-0.2, -0.15) is 8.78 Å². The van der Waals surface area contributed by atoms with Crippen molar-refractivity contribution in [1.29, 1.82) is 0 Å². The van der Waals surface area contributed by atoms with Crippen molar-refractivity contribution in [2.75, 3.05) is 13.1 Å². The van der Waals surface area contributed by atoms with E-state index in [2.05, 4.69) is 30.9 Å². The highest BCUT2D eigenvalue weighted by Crippen LogP contribution is 2.28. The average molecular weight is 441 g/mol. The van der Waals surface area contributed by atoms with E-state index >= 15 is 0 Å². The minimum Gasteiger partial charge on any atom is -0.434 e. The van der Waals surface area contributed by atoms with Gasteiger partial charge in [0, 0.05) is 42.2 Å². The average Bonchev–Trinajstić information content (AvgIpc) is 3.07. The summed E-state index contributed by atoms with van der Waals surface area (Å²) in [5.41, 5.74) is 0.409. The molecule has 1 saturated heterocycles. The molecule has 0 spiro atoms. The lowest BCUT2D eigenvalue weighted by Crippen LogP contribution is -2.37. The number of hydrogen-bond donors (Lipinski definition) is 0.